The zero-order valence-corrected chi connectivity index (χ0v) is 29.1. The fourth-order valence-electron chi connectivity index (χ4n) is 8.12. The van der Waals surface area contributed by atoms with Crippen molar-refractivity contribution in [1.82, 2.24) is 14.5 Å². The maximum atomic E-state index is 6.46. The van der Waals surface area contributed by atoms with Crippen molar-refractivity contribution >= 4 is 54.8 Å². The molecule has 0 amide bonds. The molecule has 0 aliphatic rings. The van der Waals surface area contributed by atoms with Crippen LogP contribution in [0.2, 0.25) is 0 Å². The smallest absolute Gasteiger partial charge is 0.136 e. The summed E-state index contributed by atoms with van der Waals surface area (Å²) in [6, 6.07) is 64.3. The summed E-state index contributed by atoms with van der Waals surface area (Å²) in [4.78, 5) is 9.70. The Morgan fingerprint density at radius 2 is 1.11 bits per heavy atom. The van der Waals surface area contributed by atoms with Crippen molar-refractivity contribution in [2.24, 2.45) is 0 Å². The van der Waals surface area contributed by atoms with Gasteiger partial charge in [-0.15, -0.1) is 0 Å². The molecule has 0 aliphatic carbocycles. The molecule has 252 valence electrons. The van der Waals surface area contributed by atoms with E-state index in [2.05, 4.69) is 156 Å². The minimum absolute atomic E-state index is 0.877. The van der Waals surface area contributed by atoms with E-state index in [-0.39, 0.29) is 0 Å². The molecule has 0 bridgehead atoms. The zero-order chi connectivity index (χ0) is 35.6. The lowest BCUT2D eigenvalue weighted by molar-refractivity contribution is 0.669. The molecule has 11 rings (SSSR count). The van der Waals surface area contributed by atoms with E-state index in [1.807, 2.05) is 36.5 Å². The van der Waals surface area contributed by atoms with Gasteiger partial charge in [0.2, 0.25) is 0 Å². The van der Waals surface area contributed by atoms with Crippen molar-refractivity contribution in [2.45, 2.75) is 0 Å². The third-order valence-corrected chi connectivity index (χ3v) is 10.7. The fraction of sp³-hybridized carbons (Fsp3) is 0. The molecule has 4 heterocycles. The van der Waals surface area contributed by atoms with Crippen LogP contribution in [0.25, 0.3) is 105 Å². The van der Waals surface area contributed by atoms with E-state index in [0.717, 1.165) is 77.7 Å². The maximum absolute atomic E-state index is 6.46. The molecule has 11 aromatic rings. The number of para-hydroxylation sites is 2. The van der Waals surface area contributed by atoms with Gasteiger partial charge in [-0.3, -0.25) is 4.98 Å². The highest BCUT2D eigenvalue weighted by Gasteiger charge is 2.17. The number of furan rings is 1. The van der Waals surface area contributed by atoms with Crippen molar-refractivity contribution in [3.8, 4) is 50.3 Å². The predicted octanol–water partition coefficient (Wildman–Crippen LogP) is 13.3. The van der Waals surface area contributed by atoms with Gasteiger partial charge < -0.3 is 8.98 Å². The molecule has 0 saturated heterocycles. The van der Waals surface area contributed by atoms with Crippen LogP contribution >= 0.6 is 0 Å². The molecule has 0 N–H and O–H groups in total. The van der Waals surface area contributed by atoms with E-state index in [4.69, 9.17) is 14.4 Å². The maximum Gasteiger partial charge on any atom is 0.136 e. The van der Waals surface area contributed by atoms with E-state index < -0.39 is 0 Å². The van der Waals surface area contributed by atoms with Crippen LogP contribution in [0.1, 0.15) is 0 Å². The van der Waals surface area contributed by atoms with Crippen molar-refractivity contribution in [3.05, 3.63) is 188 Å². The minimum Gasteiger partial charge on any atom is -0.456 e. The lowest BCUT2D eigenvalue weighted by atomic mass is 9.95. The molecule has 0 fully saturated rings. The number of hydrogen-bond acceptors (Lipinski definition) is 3. The Kier molecular flexibility index (Phi) is 6.82. The Bertz CT molecular complexity index is 3200. The molecule has 0 aliphatic heterocycles. The van der Waals surface area contributed by atoms with Gasteiger partial charge in [-0.05, 0) is 94.5 Å². The average molecular weight is 690 g/mol. The van der Waals surface area contributed by atoms with Gasteiger partial charge >= 0.3 is 0 Å². The topological polar surface area (TPSA) is 43.9 Å². The van der Waals surface area contributed by atoms with Gasteiger partial charge in [0, 0.05) is 44.6 Å². The van der Waals surface area contributed by atoms with Crippen LogP contribution in [-0.2, 0) is 0 Å². The molecule has 0 atom stereocenters. The minimum atomic E-state index is 0.877. The van der Waals surface area contributed by atoms with Gasteiger partial charge in [0.05, 0.1) is 27.8 Å². The highest BCUT2D eigenvalue weighted by molar-refractivity contribution is 6.14. The Morgan fingerprint density at radius 1 is 0.426 bits per heavy atom. The second-order valence-electron chi connectivity index (χ2n) is 13.8. The number of rotatable bonds is 5. The molecule has 4 aromatic heterocycles. The van der Waals surface area contributed by atoms with E-state index in [1.54, 1.807) is 0 Å². The van der Waals surface area contributed by atoms with Crippen molar-refractivity contribution in [3.63, 3.8) is 0 Å². The molecule has 54 heavy (non-hydrogen) atoms. The predicted molar refractivity (Wildman–Crippen MR) is 223 cm³/mol. The van der Waals surface area contributed by atoms with Crippen LogP contribution in [0.5, 0.6) is 0 Å². The summed E-state index contributed by atoms with van der Waals surface area (Å²) in [5.41, 5.74) is 15.8. The van der Waals surface area contributed by atoms with Crippen LogP contribution < -0.4 is 0 Å². The monoisotopic (exact) mass is 689 g/mol. The molecule has 4 nitrogen and oxygen atoms in total. The highest BCUT2D eigenvalue weighted by atomic mass is 16.3. The number of benzene rings is 7. The van der Waals surface area contributed by atoms with Crippen LogP contribution in [-0.4, -0.2) is 14.5 Å². The second kappa shape index (κ2) is 12.1. The fourth-order valence-corrected chi connectivity index (χ4v) is 8.12. The van der Waals surface area contributed by atoms with Crippen LogP contribution in [0.4, 0.5) is 0 Å². The van der Waals surface area contributed by atoms with E-state index in [1.165, 1.54) is 27.4 Å². The highest BCUT2D eigenvalue weighted by Crippen LogP contribution is 2.41. The third kappa shape index (κ3) is 4.85. The molecule has 4 heteroatoms. The second-order valence-corrected chi connectivity index (χ2v) is 13.8. The largest absolute Gasteiger partial charge is 0.456 e. The normalized spacial score (nSPS) is 11.7. The van der Waals surface area contributed by atoms with E-state index in [9.17, 15) is 0 Å². The Morgan fingerprint density at radius 3 is 1.94 bits per heavy atom. The van der Waals surface area contributed by atoms with E-state index >= 15 is 0 Å². The lowest BCUT2D eigenvalue weighted by Crippen LogP contribution is -1.92. The first-order chi connectivity index (χ1) is 26.8. The molecular weight excluding hydrogens is 659 g/mol. The summed E-state index contributed by atoms with van der Waals surface area (Å²) in [5.74, 6) is 0. The number of hydrogen-bond donors (Lipinski definition) is 0. The van der Waals surface area contributed by atoms with Crippen molar-refractivity contribution in [1.29, 1.82) is 0 Å². The van der Waals surface area contributed by atoms with Gasteiger partial charge in [0.15, 0.2) is 0 Å². The number of fused-ring (bicyclic) bond motifs is 7. The first-order valence-electron chi connectivity index (χ1n) is 18.2. The summed E-state index contributed by atoms with van der Waals surface area (Å²) in [6.07, 6.45) is 1.84. The third-order valence-electron chi connectivity index (χ3n) is 10.7. The summed E-state index contributed by atoms with van der Waals surface area (Å²) in [6.45, 7) is 0. The van der Waals surface area contributed by atoms with Crippen LogP contribution in [0.15, 0.2) is 193 Å². The van der Waals surface area contributed by atoms with Crippen molar-refractivity contribution in [2.75, 3.05) is 0 Å². The van der Waals surface area contributed by atoms with Crippen molar-refractivity contribution < 1.29 is 4.42 Å². The van der Waals surface area contributed by atoms with Gasteiger partial charge in [0.1, 0.15) is 11.2 Å². The zero-order valence-electron chi connectivity index (χ0n) is 29.1. The lowest BCUT2D eigenvalue weighted by Gasteiger charge is -2.11. The molecular formula is C50H31N3O. The number of pyridine rings is 2. The summed E-state index contributed by atoms with van der Waals surface area (Å²) in [7, 11) is 0. The Labute approximate surface area is 311 Å². The Balaban J connectivity index is 1.02. The first-order valence-corrected chi connectivity index (χ1v) is 18.2. The van der Waals surface area contributed by atoms with Gasteiger partial charge in [0.25, 0.3) is 0 Å². The molecule has 0 unspecified atom stereocenters. The Hall–Kier alpha value is -7.30. The van der Waals surface area contributed by atoms with Gasteiger partial charge in [-0.1, -0.05) is 115 Å². The summed E-state index contributed by atoms with van der Waals surface area (Å²) < 4.78 is 8.82. The van der Waals surface area contributed by atoms with Gasteiger partial charge in [-0.25, -0.2) is 4.98 Å². The van der Waals surface area contributed by atoms with Gasteiger partial charge in [-0.2, -0.15) is 0 Å². The average Bonchev–Trinajstić information content (AvgIpc) is 3.79. The quantitative estimate of drug-likeness (QED) is 0.181. The molecule has 0 radical (unpaired) electrons. The molecule has 0 spiro atoms. The van der Waals surface area contributed by atoms with Crippen LogP contribution in [0, 0.1) is 0 Å². The SMILES string of the molecule is c1ccc(-c2cc(-c3ccc(-c4cccc5oc6ccc(-c7ccc8c(c7)c7ccccc7n8-c7ccccc7)cc6c45)cc3)c3ncccc3n2)cc1. The first kappa shape index (κ1) is 30.3. The number of aromatic nitrogens is 3. The summed E-state index contributed by atoms with van der Waals surface area (Å²) in [5, 5.41) is 4.70. The number of nitrogens with zero attached hydrogens (tertiary/aromatic N) is 3. The van der Waals surface area contributed by atoms with Crippen LogP contribution in [0.3, 0.4) is 0 Å². The summed E-state index contributed by atoms with van der Waals surface area (Å²) >= 11 is 0. The van der Waals surface area contributed by atoms with E-state index in [0.29, 0.717) is 0 Å². The standard InChI is InChI=1S/C50H31N3O/c1-3-11-34(12-4-1)44-31-40(50-43(52-44)17-10-28-51-50)33-22-20-32(21-23-33)38-16-9-19-48-49(38)42-30-36(25-27-47(42)54-48)35-24-26-46-41(29-35)39-15-7-8-18-45(39)53(46)37-13-5-2-6-14-37/h1-31H. The molecule has 0 saturated carbocycles. The molecule has 7 aromatic carbocycles.